The third kappa shape index (κ3) is 4.94. The predicted molar refractivity (Wildman–Crippen MR) is 152 cm³/mol. The summed E-state index contributed by atoms with van der Waals surface area (Å²) in [5, 5.41) is 0. The SMILES string of the molecule is c1ccc2c(c1)-c1ccccc1C2(c1ccc(CCOC[C@H]2CO2)cc1)c1ccc(CCOC[C@H]2CO2)cc1. The van der Waals surface area contributed by atoms with Crippen LogP contribution in [0.2, 0.25) is 0 Å². The molecule has 2 fully saturated rings. The summed E-state index contributed by atoms with van der Waals surface area (Å²) < 4.78 is 22.1. The minimum absolute atomic E-state index is 0.311. The van der Waals surface area contributed by atoms with Crippen LogP contribution in [-0.2, 0) is 37.2 Å². The van der Waals surface area contributed by atoms with Gasteiger partial charge in [-0.25, -0.2) is 0 Å². The molecular weight excluding hydrogens is 484 g/mol. The lowest BCUT2D eigenvalue weighted by molar-refractivity contribution is 0.119. The third-order valence-corrected chi connectivity index (χ3v) is 8.21. The van der Waals surface area contributed by atoms with Crippen LogP contribution < -0.4 is 0 Å². The molecule has 7 rings (SSSR count). The van der Waals surface area contributed by atoms with Gasteiger partial charge in [0.05, 0.1) is 45.1 Å². The van der Waals surface area contributed by atoms with Crippen LogP contribution in [0, 0.1) is 0 Å². The van der Waals surface area contributed by atoms with E-state index in [-0.39, 0.29) is 5.41 Å². The molecule has 4 aromatic rings. The Labute approximate surface area is 230 Å². The van der Waals surface area contributed by atoms with Gasteiger partial charge in [-0.1, -0.05) is 97.1 Å². The molecule has 4 nitrogen and oxygen atoms in total. The van der Waals surface area contributed by atoms with Gasteiger partial charge in [-0.3, -0.25) is 0 Å². The average molecular weight is 519 g/mol. The van der Waals surface area contributed by atoms with Crippen LogP contribution in [0.15, 0.2) is 97.1 Å². The van der Waals surface area contributed by atoms with E-state index in [0.717, 1.165) is 39.3 Å². The van der Waals surface area contributed by atoms with Crippen molar-refractivity contribution in [2.45, 2.75) is 30.5 Å². The van der Waals surface area contributed by atoms with E-state index in [1.165, 1.54) is 44.5 Å². The van der Waals surface area contributed by atoms with E-state index in [2.05, 4.69) is 97.1 Å². The maximum Gasteiger partial charge on any atom is 0.104 e. The number of hydrogen-bond donors (Lipinski definition) is 0. The number of hydrogen-bond acceptors (Lipinski definition) is 4. The molecule has 0 saturated carbocycles. The second-order valence-corrected chi connectivity index (χ2v) is 10.8. The number of fused-ring (bicyclic) bond motifs is 3. The Balaban J connectivity index is 1.22. The summed E-state index contributed by atoms with van der Waals surface area (Å²) in [5.41, 5.74) is 10.1. The Bertz CT molecular complexity index is 1310. The minimum atomic E-state index is -0.371. The molecule has 0 aromatic heterocycles. The van der Waals surface area contributed by atoms with Crippen molar-refractivity contribution >= 4 is 0 Å². The molecule has 2 saturated heterocycles. The lowest BCUT2D eigenvalue weighted by Gasteiger charge is -2.34. The molecule has 2 heterocycles. The fourth-order valence-electron chi connectivity index (χ4n) is 6.00. The summed E-state index contributed by atoms with van der Waals surface area (Å²) in [4.78, 5) is 0. The first-order valence-corrected chi connectivity index (χ1v) is 14.1. The zero-order chi connectivity index (χ0) is 26.1. The number of benzene rings is 4. The standard InChI is InChI=1S/C35H34O4/c1-3-7-33-31(5-1)32-6-2-4-8-34(32)35(33,27-13-9-25(10-14-27)17-19-36-21-29-23-38-29)28-15-11-26(12-16-28)18-20-37-22-30-24-39-30/h1-16,29-30H,17-24H2/t29-,30-/m0/s1. The molecule has 1 aliphatic carbocycles. The molecule has 3 aliphatic rings. The van der Waals surface area contributed by atoms with Gasteiger partial charge < -0.3 is 18.9 Å². The molecule has 4 heteroatoms. The predicted octanol–water partition coefficient (Wildman–Crippen LogP) is 5.97. The number of epoxide rings is 2. The molecule has 39 heavy (non-hydrogen) atoms. The van der Waals surface area contributed by atoms with Gasteiger partial charge >= 0.3 is 0 Å². The Hall–Kier alpha value is -3.28. The third-order valence-electron chi connectivity index (χ3n) is 8.21. The van der Waals surface area contributed by atoms with E-state index in [1.54, 1.807) is 0 Å². The molecule has 0 amide bonds. The quantitative estimate of drug-likeness (QED) is 0.151. The second kappa shape index (κ2) is 10.7. The molecule has 198 valence electrons. The summed E-state index contributed by atoms with van der Waals surface area (Å²) in [7, 11) is 0. The molecular formula is C35H34O4. The Morgan fingerprint density at radius 3 is 1.38 bits per heavy atom. The average Bonchev–Trinajstić information content (AvgIpc) is 3.93. The lowest BCUT2D eigenvalue weighted by Crippen LogP contribution is -2.28. The first kappa shape index (κ1) is 24.7. The fraction of sp³-hybridized carbons (Fsp3) is 0.314. The highest BCUT2D eigenvalue weighted by Gasteiger charge is 2.45. The molecule has 2 atom stereocenters. The van der Waals surface area contributed by atoms with Crippen molar-refractivity contribution in [3.8, 4) is 11.1 Å². The second-order valence-electron chi connectivity index (χ2n) is 10.8. The zero-order valence-electron chi connectivity index (χ0n) is 22.2. The molecule has 0 radical (unpaired) electrons. The maximum absolute atomic E-state index is 5.79. The van der Waals surface area contributed by atoms with Crippen molar-refractivity contribution in [3.63, 3.8) is 0 Å². The normalized spacial score (nSPS) is 19.9. The highest BCUT2D eigenvalue weighted by molar-refractivity contribution is 5.86. The first-order valence-electron chi connectivity index (χ1n) is 14.1. The van der Waals surface area contributed by atoms with Crippen LogP contribution >= 0.6 is 0 Å². The summed E-state index contributed by atoms with van der Waals surface area (Å²) in [6.07, 6.45) is 2.42. The van der Waals surface area contributed by atoms with Gasteiger partial charge in [0, 0.05) is 0 Å². The zero-order valence-corrected chi connectivity index (χ0v) is 22.2. The topological polar surface area (TPSA) is 43.5 Å². The van der Waals surface area contributed by atoms with Crippen molar-refractivity contribution < 1.29 is 18.9 Å². The molecule has 0 spiro atoms. The van der Waals surface area contributed by atoms with E-state index in [0.29, 0.717) is 25.4 Å². The van der Waals surface area contributed by atoms with Crippen LogP contribution in [0.4, 0.5) is 0 Å². The molecule has 0 unspecified atom stereocenters. The van der Waals surface area contributed by atoms with E-state index in [4.69, 9.17) is 18.9 Å². The molecule has 0 bridgehead atoms. The summed E-state index contributed by atoms with van der Waals surface area (Å²) in [5.74, 6) is 0. The van der Waals surface area contributed by atoms with Gasteiger partial charge in [0.2, 0.25) is 0 Å². The van der Waals surface area contributed by atoms with Crippen LogP contribution in [0.1, 0.15) is 33.4 Å². The fourth-order valence-corrected chi connectivity index (χ4v) is 6.00. The molecule has 2 aliphatic heterocycles. The van der Waals surface area contributed by atoms with Gasteiger partial charge in [0.15, 0.2) is 0 Å². The van der Waals surface area contributed by atoms with Gasteiger partial charge in [-0.05, 0) is 57.3 Å². The lowest BCUT2D eigenvalue weighted by atomic mass is 9.67. The van der Waals surface area contributed by atoms with Gasteiger partial charge in [-0.15, -0.1) is 0 Å². The molecule has 0 N–H and O–H groups in total. The molecule has 4 aromatic carbocycles. The first-order chi connectivity index (χ1) is 19.3. The van der Waals surface area contributed by atoms with Crippen LogP contribution in [0.5, 0.6) is 0 Å². The van der Waals surface area contributed by atoms with Crippen molar-refractivity contribution in [3.05, 3.63) is 130 Å². The summed E-state index contributed by atoms with van der Waals surface area (Å²) in [6.45, 7) is 4.51. The van der Waals surface area contributed by atoms with Crippen molar-refractivity contribution in [1.82, 2.24) is 0 Å². The highest BCUT2D eigenvalue weighted by Crippen LogP contribution is 2.55. The highest BCUT2D eigenvalue weighted by atomic mass is 16.6. The van der Waals surface area contributed by atoms with Gasteiger partial charge in [-0.2, -0.15) is 0 Å². The van der Waals surface area contributed by atoms with Crippen LogP contribution in [0.3, 0.4) is 0 Å². The number of ether oxygens (including phenoxy) is 4. The van der Waals surface area contributed by atoms with Crippen LogP contribution in [0.25, 0.3) is 11.1 Å². The van der Waals surface area contributed by atoms with Crippen LogP contribution in [-0.4, -0.2) is 51.8 Å². The van der Waals surface area contributed by atoms with Crippen molar-refractivity contribution in [2.75, 3.05) is 39.6 Å². The Morgan fingerprint density at radius 2 is 0.974 bits per heavy atom. The van der Waals surface area contributed by atoms with Crippen molar-refractivity contribution in [2.24, 2.45) is 0 Å². The largest absolute Gasteiger partial charge is 0.378 e. The van der Waals surface area contributed by atoms with Gasteiger partial charge in [0.1, 0.15) is 12.2 Å². The van der Waals surface area contributed by atoms with E-state index in [1.807, 2.05) is 0 Å². The monoisotopic (exact) mass is 518 g/mol. The van der Waals surface area contributed by atoms with E-state index < -0.39 is 0 Å². The van der Waals surface area contributed by atoms with Gasteiger partial charge in [0.25, 0.3) is 0 Å². The smallest absolute Gasteiger partial charge is 0.104 e. The Morgan fingerprint density at radius 1 is 0.564 bits per heavy atom. The Kier molecular flexibility index (Phi) is 6.79. The number of rotatable bonds is 12. The maximum atomic E-state index is 5.79. The van der Waals surface area contributed by atoms with Crippen molar-refractivity contribution in [1.29, 1.82) is 0 Å². The van der Waals surface area contributed by atoms with E-state index in [9.17, 15) is 0 Å². The summed E-state index contributed by atoms with van der Waals surface area (Å²) >= 11 is 0. The minimum Gasteiger partial charge on any atom is -0.378 e. The van der Waals surface area contributed by atoms with E-state index >= 15 is 0 Å². The summed E-state index contributed by atoms with van der Waals surface area (Å²) in [6, 6.07) is 36.1.